The fraction of sp³-hybridized carbons (Fsp3) is 0.167. The Hall–Kier alpha value is -3.91. The maximum absolute atomic E-state index is 6.05. The van der Waals surface area contributed by atoms with Crippen LogP contribution in [0.5, 0.6) is 5.75 Å². The van der Waals surface area contributed by atoms with Crippen LogP contribution in [0.2, 0.25) is 5.02 Å². The predicted octanol–water partition coefficient (Wildman–Crippen LogP) is 4.77. The van der Waals surface area contributed by atoms with Crippen LogP contribution in [0.4, 0.5) is 5.69 Å². The van der Waals surface area contributed by atoms with Crippen LogP contribution in [0, 0.1) is 6.92 Å². The maximum Gasteiger partial charge on any atom is 0.178 e. The molecule has 0 aliphatic rings. The highest BCUT2D eigenvalue weighted by atomic mass is 35.5. The molecule has 3 aromatic carbocycles. The molecule has 0 fully saturated rings. The van der Waals surface area contributed by atoms with E-state index in [4.69, 9.17) is 16.3 Å². The number of hydrogen-bond acceptors (Lipinski definition) is 6. The lowest BCUT2D eigenvalue weighted by Crippen LogP contribution is -2.20. The largest absolute Gasteiger partial charge is 0.497 e. The molecular formula is C24H22ClN7O. The predicted molar refractivity (Wildman–Crippen MR) is 128 cm³/mol. The van der Waals surface area contributed by atoms with Gasteiger partial charge in [-0.05, 0) is 76.5 Å². The molecule has 1 unspecified atom stereocenters. The minimum Gasteiger partial charge on any atom is -0.497 e. The summed E-state index contributed by atoms with van der Waals surface area (Å²) in [5.74, 6) is 1.50. The zero-order chi connectivity index (χ0) is 22.8. The Kier molecular flexibility index (Phi) is 5.66. The van der Waals surface area contributed by atoms with E-state index in [0.29, 0.717) is 17.4 Å². The number of anilines is 1. The number of tetrazole rings is 1. The quantitative estimate of drug-likeness (QED) is 0.364. The number of nitrogens with one attached hydrogen (secondary N) is 2. The van der Waals surface area contributed by atoms with Crippen molar-refractivity contribution in [1.29, 1.82) is 0 Å². The van der Waals surface area contributed by atoms with Gasteiger partial charge >= 0.3 is 0 Å². The van der Waals surface area contributed by atoms with Crippen LogP contribution < -0.4 is 10.1 Å². The minimum atomic E-state index is -0.293. The van der Waals surface area contributed by atoms with Crippen molar-refractivity contribution in [3.8, 4) is 5.75 Å². The zero-order valence-corrected chi connectivity index (χ0v) is 18.9. The first-order valence-corrected chi connectivity index (χ1v) is 10.8. The van der Waals surface area contributed by atoms with E-state index in [0.717, 1.165) is 39.2 Å². The number of H-pyrrole nitrogens is 1. The number of methoxy groups -OCH3 is 1. The highest BCUT2D eigenvalue weighted by Gasteiger charge is 2.24. The summed E-state index contributed by atoms with van der Waals surface area (Å²) in [5, 5.41) is 17.0. The number of aromatic amines is 1. The molecule has 9 heteroatoms. The molecule has 0 bridgehead atoms. The van der Waals surface area contributed by atoms with Crippen molar-refractivity contribution in [3.05, 3.63) is 94.5 Å². The number of aromatic nitrogens is 6. The second-order valence-electron chi connectivity index (χ2n) is 7.76. The van der Waals surface area contributed by atoms with Gasteiger partial charge in [-0.3, -0.25) is 0 Å². The molecule has 1 atom stereocenters. The van der Waals surface area contributed by atoms with Gasteiger partial charge in [-0.15, -0.1) is 5.10 Å². The van der Waals surface area contributed by atoms with Crippen molar-refractivity contribution in [1.82, 2.24) is 30.2 Å². The second-order valence-corrected chi connectivity index (χ2v) is 8.19. The molecule has 2 aromatic heterocycles. The Balaban J connectivity index is 1.55. The number of halogens is 1. The normalized spacial score (nSPS) is 12.1. The topological polar surface area (TPSA) is 93.5 Å². The molecule has 166 valence electrons. The number of aryl methyl sites for hydroxylation is 1. The van der Waals surface area contributed by atoms with Gasteiger partial charge in [0.1, 0.15) is 11.8 Å². The summed E-state index contributed by atoms with van der Waals surface area (Å²) in [4.78, 5) is 7.46. The highest BCUT2D eigenvalue weighted by molar-refractivity contribution is 6.30. The summed E-state index contributed by atoms with van der Waals surface area (Å²) in [5.41, 5.74) is 5.95. The van der Waals surface area contributed by atoms with Crippen molar-refractivity contribution in [3.63, 3.8) is 0 Å². The molecule has 33 heavy (non-hydrogen) atoms. The van der Waals surface area contributed by atoms with Crippen LogP contribution in [0.25, 0.3) is 11.0 Å². The molecule has 0 aliphatic heterocycles. The van der Waals surface area contributed by atoms with Gasteiger partial charge in [-0.1, -0.05) is 29.8 Å². The van der Waals surface area contributed by atoms with Gasteiger partial charge in [0, 0.05) is 10.7 Å². The first-order chi connectivity index (χ1) is 16.1. The lowest BCUT2D eigenvalue weighted by molar-refractivity contribution is 0.414. The molecule has 0 radical (unpaired) electrons. The van der Waals surface area contributed by atoms with Gasteiger partial charge in [0.2, 0.25) is 0 Å². The SMILES string of the molecule is COc1ccc(C(Nc2ccc3nc[nH]c3c2)c2nnnn2Cc2ccc(Cl)cc2)c(C)c1. The fourth-order valence-electron chi connectivity index (χ4n) is 3.87. The van der Waals surface area contributed by atoms with Crippen LogP contribution in [0.1, 0.15) is 28.6 Å². The van der Waals surface area contributed by atoms with Crippen molar-refractivity contribution in [2.75, 3.05) is 12.4 Å². The van der Waals surface area contributed by atoms with Crippen LogP contribution in [0.15, 0.2) is 67.0 Å². The summed E-state index contributed by atoms with van der Waals surface area (Å²) in [6.07, 6.45) is 1.69. The first-order valence-electron chi connectivity index (χ1n) is 10.5. The number of fused-ring (bicyclic) bond motifs is 1. The van der Waals surface area contributed by atoms with Gasteiger partial charge in [-0.25, -0.2) is 9.67 Å². The summed E-state index contributed by atoms with van der Waals surface area (Å²) in [7, 11) is 1.66. The van der Waals surface area contributed by atoms with Crippen molar-refractivity contribution >= 4 is 28.3 Å². The van der Waals surface area contributed by atoms with E-state index in [9.17, 15) is 0 Å². The van der Waals surface area contributed by atoms with E-state index in [1.54, 1.807) is 18.1 Å². The summed E-state index contributed by atoms with van der Waals surface area (Å²) < 4.78 is 7.21. The first kappa shape index (κ1) is 21.0. The van der Waals surface area contributed by atoms with Crippen LogP contribution >= 0.6 is 11.6 Å². The lowest BCUT2D eigenvalue weighted by Gasteiger charge is -2.22. The Morgan fingerprint density at radius 3 is 2.73 bits per heavy atom. The Morgan fingerprint density at radius 2 is 1.94 bits per heavy atom. The van der Waals surface area contributed by atoms with E-state index in [2.05, 4.69) is 37.7 Å². The third-order valence-electron chi connectivity index (χ3n) is 5.58. The highest BCUT2D eigenvalue weighted by Crippen LogP contribution is 2.31. The summed E-state index contributed by atoms with van der Waals surface area (Å²) in [6, 6.07) is 19.4. The molecule has 2 heterocycles. The molecule has 5 aromatic rings. The van der Waals surface area contributed by atoms with Gasteiger partial charge in [0.05, 0.1) is 31.0 Å². The summed E-state index contributed by atoms with van der Waals surface area (Å²) in [6.45, 7) is 2.57. The number of rotatable bonds is 7. The van der Waals surface area contributed by atoms with E-state index in [-0.39, 0.29) is 6.04 Å². The number of benzene rings is 3. The monoisotopic (exact) mass is 459 g/mol. The van der Waals surface area contributed by atoms with E-state index < -0.39 is 0 Å². The molecule has 0 amide bonds. The van der Waals surface area contributed by atoms with Crippen molar-refractivity contribution < 1.29 is 4.74 Å². The molecule has 0 aliphatic carbocycles. The standard InChI is InChI=1S/C24H22ClN7O/c1-15-11-19(33-2)8-9-20(15)23(28-18-7-10-21-22(12-18)27-14-26-21)24-29-30-31-32(24)13-16-3-5-17(25)6-4-16/h3-12,14,23,28H,13H2,1-2H3,(H,26,27). The molecule has 5 rings (SSSR count). The number of ether oxygens (including phenoxy) is 1. The van der Waals surface area contributed by atoms with Crippen LogP contribution in [0.3, 0.4) is 0 Å². The lowest BCUT2D eigenvalue weighted by atomic mass is 9.99. The Bertz CT molecular complexity index is 1390. The minimum absolute atomic E-state index is 0.293. The maximum atomic E-state index is 6.05. The van der Waals surface area contributed by atoms with Gasteiger partial charge < -0.3 is 15.0 Å². The second kappa shape index (κ2) is 8.91. The Morgan fingerprint density at radius 1 is 1.09 bits per heavy atom. The van der Waals surface area contributed by atoms with Crippen molar-refractivity contribution in [2.45, 2.75) is 19.5 Å². The summed E-state index contributed by atoms with van der Waals surface area (Å²) >= 11 is 6.05. The molecule has 0 saturated heterocycles. The third-order valence-corrected chi connectivity index (χ3v) is 5.83. The van der Waals surface area contributed by atoms with Gasteiger partial charge in [0.15, 0.2) is 5.82 Å². The molecule has 0 spiro atoms. The van der Waals surface area contributed by atoms with E-state index >= 15 is 0 Å². The van der Waals surface area contributed by atoms with Gasteiger partial charge in [-0.2, -0.15) is 0 Å². The Labute approximate surface area is 195 Å². The average molecular weight is 460 g/mol. The average Bonchev–Trinajstić information content (AvgIpc) is 3.48. The van der Waals surface area contributed by atoms with E-state index in [1.807, 2.05) is 60.7 Å². The zero-order valence-electron chi connectivity index (χ0n) is 18.2. The smallest absolute Gasteiger partial charge is 0.178 e. The van der Waals surface area contributed by atoms with E-state index in [1.165, 1.54) is 0 Å². The molecular weight excluding hydrogens is 438 g/mol. The number of nitrogens with zero attached hydrogens (tertiary/aromatic N) is 5. The molecule has 8 nitrogen and oxygen atoms in total. The van der Waals surface area contributed by atoms with Crippen LogP contribution in [-0.4, -0.2) is 37.3 Å². The molecule has 2 N–H and O–H groups in total. The van der Waals surface area contributed by atoms with Crippen LogP contribution in [-0.2, 0) is 6.54 Å². The fourth-order valence-corrected chi connectivity index (χ4v) is 3.99. The number of hydrogen-bond donors (Lipinski definition) is 2. The van der Waals surface area contributed by atoms with Crippen molar-refractivity contribution in [2.24, 2.45) is 0 Å². The third kappa shape index (κ3) is 4.38. The number of imidazole rings is 1. The molecule has 0 saturated carbocycles. The van der Waals surface area contributed by atoms with Gasteiger partial charge in [0.25, 0.3) is 0 Å².